The predicted octanol–water partition coefficient (Wildman–Crippen LogP) is 1.05. The second-order valence-corrected chi connectivity index (χ2v) is 4.95. The van der Waals surface area contributed by atoms with Gasteiger partial charge >= 0.3 is 0 Å². The van der Waals surface area contributed by atoms with Crippen molar-refractivity contribution >= 4 is 23.1 Å². The molecule has 19 heavy (non-hydrogen) atoms. The van der Waals surface area contributed by atoms with E-state index >= 15 is 0 Å². The Morgan fingerprint density at radius 3 is 2.68 bits per heavy atom. The monoisotopic (exact) mass is 262 g/mol. The smallest absolute Gasteiger partial charge is 0.299 e. The molecule has 1 amide bonds. The molecule has 0 aromatic heterocycles. The molecule has 0 aliphatic carbocycles. The molecule has 0 saturated carbocycles. The Labute approximate surface area is 112 Å². The van der Waals surface area contributed by atoms with Gasteiger partial charge in [-0.15, -0.1) is 0 Å². The first-order valence-corrected chi connectivity index (χ1v) is 6.27. The lowest BCUT2D eigenvalue weighted by Crippen LogP contribution is -2.25. The molecule has 0 bridgehead atoms. The molecule has 0 spiro atoms. The largest absolute Gasteiger partial charge is 0.393 e. The highest BCUT2D eigenvalue weighted by Crippen LogP contribution is 2.31. The summed E-state index contributed by atoms with van der Waals surface area (Å²) in [5, 5.41) is 9.29. The Morgan fingerprint density at radius 2 is 2.05 bits per heavy atom. The number of hydrogen-bond acceptors (Lipinski definition) is 4. The number of aliphatic hydroxyl groups excluding tert-OH is 1. The van der Waals surface area contributed by atoms with Crippen LogP contribution in [0.3, 0.4) is 0 Å². The summed E-state index contributed by atoms with van der Waals surface area (Å²) in [6, 6.07) is 5.35. The maximum atomic E-state index is 11.7. The molecular formula is C14H18N2O3. The molecule has 0 saturated heterocycles. The zero-order chi connectivity index (χ0) is 14.2. The van der Waals surface area contributed by atoms with Crippen LogP contribution in [0.1, 0.15) is 23.7 Å². The third kappa shape index (κ3) is 2.46. The van der Waals surface area contributed by atoms with Crippen molar-refractivity contribution in [3.05, 3.63) is 23.8 Å². The minimum absolute atomic E-state index is 0.345. The van der Waals surface area contributed by atoms with Crippen molar-refractivity contribution in [2.24, 2.45) is 0 Å². The molecular weight excluding hydrogens is 244 g/mol. The topological polar surface area (TPSA) is 60.9 Å². The molecule has 1 unspecified atom stereocenters. The standard InChI is InChI=1S/C14H18N2O3/c1-9(17)6-7-15(2)10-4-5-11-12(8-10)16(3)14(19)13(11)18/h4-5,8-9,17H,6-7H2,1-3H3. The highest BCUT2D eigenvalue weighted by Gasteiger charge is 2.33. The van der Waals surface area contributed by atoms with E-state index in [0.29, 0.717) is 24.2 Å². The van der Waals surface area contributed by atoms with Gasteiger partial charge in [-0.3, -0.25) is 9.59 Å². The maximum Gasteiger partial charge on any atom is 0.299 e. The molecule has 1 heterocycles. The Hall–Kier alpha value is -1.88. The normalized spacial score (nSPS) is 15.7. The number of nitrogens with zero attached hydrogens (tertiary/aromatic N) is 2. The third-order valence-electron chi connectivity index (χ3n) is 3.41. The average molecular weight is 262 g/mol. The summed E-state index contributed by atoms with van der Waals surface area (Å²) in [6.07, 6.45) is 0.323. The van der Waals surface area contributed by atoms with Gasteiger partial charge in [0.25, 0.3) is 11.7 Å². The number of ketones is 1. The van der Waals surface area contributed by atoms with Crippen molar-refractivity contribution in [1.82, 2.24) is 0 Å². The van der Waals surface area contributed by atoms with E-state index in [1.165, 1.54) is 4.90 Å². The summed E-state index contributed by atoms with van der Waals surface area (Å²) in [7, 11) is 3.52. The van der Waals surface area contributed by atoms with Crippen LogP contribution < -0.4 is 9.80 Å². The van der Waals surface area contributed by atoms with Gasteiger partial charge in [0.15, 0.2) is 0 Å². The summed E-state index contributed by atoms with van der Waals surface area (Å²) >= 11 is 0. The van der Waals surface area contributed by atoms with E-state index in [1.807, 2.05) is 24.1 Å². The van der Waals surface area contributed by atoms with E-state index in [9.17, 15) is 14.7 Å². The van der Waals surface area contributed by atoms with Crippen molar-refractivity contribution in [3.8, 4) is 0 Å². The lowest BCUT2D eigenvalue weighted by molar-refractivity contribution is -0.114. The van der Waals surface area contributed by atoms with Crippen molar-refractivity contribution in [2.75, 3.05) is 30.4 Å². The van der Waals surface area contributed by atoms with Gasteiger partial charge in [-0.1, -0.05) is 0 Å². The van der Waals surface area contributed by atoms with Gasteiger partial charge in [0.2, 0.25) is 0 Å². The molecule has 1 N–H and O–H groups in total. The molecule has 1 aliphatic rings. The number of fused-ring (bicyclic) bond motifs is 1. The quantitative estimate of drug-likeness (QED) is 0.824. The minimum Gasteiger partial charge on any atom is -0.393 e. The van der Waals surface area contributed by atoms with E-state index in [2.05, 4.69) is 0 Å². The van der Waals surface area contributed by atoms with Crippen LogP contribution in [0.4, 0.5) is 11.4 Å². The fourth-order valence-electron chi connectivity index (χ4n) is 2.11. The van der Waals surface area contributed by atoms with Crippen LogP contribution in [0.25, 0.3) is 0 Å². The number of likely N-dealkylation sites (N-methyl/N-ethyl adjacent to an activating group) is 1. The number of carbonyl (C=O) groups excluding carboxylic acids is 2. The van der Waals surface area contributed by atoms with Crippen LogP contribution in [0.2, 0.25) is 0 Å². The first-order chi connectivity index (χ1) is 8.91. The predicted molar refractivity (Wildman–Crippen MR) is 73.8 cm³/mol. The van der Waals surface area contributed by atoms with Crippen molar-refractivity contribution < 1.29 is 14.7 Å². The summed E-state index contributed by atoms with van der Waals surface area (Å²) in [4.78, 5) is 26.6. The van der Waals surface area contributed by atoms with E-state index < -0.39 is 11.7 Å². The Morgan fingerprint density at radius 1 is 1.37 bits per heavy atom. The van der Waals surface area contributed by atoms with Crippen LogP contribution in [-0.2, 0) is 4.79 Å². The fourth-order valence-corrected chi connectivity index (χ4v) is 2.11. The van der Waals surface area contributed by atoms with E-state index in [1.54, 1.807) is 20.0 Å². The average Bonchev–Trinajstić information content (AvgIpc) is 2.61. The number of Topliss-reactive ketones (excluding diaryl/α,β-unsaturated/α-hetero) is 1. The molecule has 1 aromatic carbocycles. The van der Waals surface area contributed by atoms with Gasteiger partial charge in [0.1, 0.15) is 0 Å². The SMILES string of the molecule is CC(O)CCN(C)c1ccc2c(c1)N(C)C(=O)C2=O. The summed E-state index contributed by atoms with van der Waals surface area (Å²) in [6.45, 7) is 2.46. The zero-order valence-electron chi connectivity index (χ0n) is 11.4. The number of rotatable bonds is 4. The molecule has 102 valence electrons. The number of anilines is 2. The Balaban J connectivity index is 2.23. The molecule has 0 radical (unpaired) electrons. The molecule has 1 aromatic rings. The van der Waals surface area contributed by atoms with Gasteiger partial charge in [0.05, 0.1) is 17.4 Å². The lowest BCUT2D eigenvalue weighted by Gasteiger charge is -2.21. The van der Waals surface area contributed by atoms with E-state index in [-0.39, 0.29) is 6.10 Å². The van der Waals surface area contributed by atoms with Gasteiger partial charge < -0.3 is 14.9 Å². The molecule has 0 fully saturated rings. The van der Waals surface area contributed by atoms with Gasteiger partial charge in [-0.2, -0.15) is 0 Å². The first kappa shape index (κ1) is 13.5. The first-order valence-electron chi connectivity index (χ1n) is 6.27. The molecule has 5 nitrogen and oxygen atoms in total. The number of hydrogen-bond donors (Lipinski definition) is 1. The van der Waals surface area contributed by atoms with Crippen LogP contribution in [0.15, 0.2) is 18.2 Å². The van der Waals surface area contributed by atoms with E-state index in [0.717, 1.165) is 5.69 Å². The summed E-state index contributed by atoms with van der Waals surface area (Å²) < 4.78 is 0. The van der Waals surface area contributed by atoms with Crippen molar-refractivity contribution in [3.63, 3.8) is 0 Å². The Bertz CT molecular complexity index is 525. The zero-order valence-corrected chi connectivity index (χ0v) is 11.4. The minimum atomic E-state index is -0.487. The van der Waals surface area contributed by atoms with Crippen LogP contribution in [0.5, 0.6) is 0 Å². The highest BCUT2D eigenvalue weighted by atomic mass is 16.3. The van der Waals surface area contributed by atoms with Crippen molar-refractivity contribution in [1.29, 1.82) is 0 Å². The molecule has 2 rings (SSSR count). The van der Waals surface area contributed by atoms with Crippen molar-refractivity contribution in [2.45, 2.75) is 19.4 Å². The summed E-state index contributed by atoms with van der Waals surface area (Å²) in [5.74, 6) is -0.936. The number of carbonyl (C=O) groups is 2. The fraction of sp³-hybridized carbons (Fsp3) is 0.429. The lowest BCUT2D eigenvalue weighted by atomic mass is 10.1. The highest BCUT2D eigenvalue weighted by molar-refractivity contribution is 6.52. The van der Waals surface area contributed by atoms with Crippen LogP contribution >= 0.6 is 0 Å². The maximum absolute atomic E-state index is 11.7. The second-order valence-electron chi connectivity index (χ2n) is 4.95. The van der Waals surface area contributed by atoms with Gasteiger partial charge in [-0.25, -0.2) is 0 Å². The van der Waals surface area contributed by atoms with Gasteiger partial charge in [0, 0.05) is 26.3 Å². The molecule has 5 heteroatoms. The van der Waals surface area contributed by atoms with E-state index in [4.69, 9.17) is 0 Å². The molecule has 1 aliphatic heterocycles. The van der Waals surface area contributed by atoms with Gasteiger partial charge in [-0.05, 0) is 31.5 Å². The third-order valence-corrected chi connectivity index (χ3v) is 3.41. The number of aliphatic hydroxyl groups is 1. The Kier molecular flexibility index (Phi) is 3.57. The van der Waals surface area contributed by atoms with Crippen LogP contribution in [-0.4, -0.2) is 43.5 Å². The molecule has 1 atom stereocenters. The summed E-state index contributed by atoms with van der Waals surface area (Å²) in [5.41, 5.74) is 2.03. The van der Waals surface area contributed by atoms with Crippen LogP contribution in [0, 0.1) is 0 Å². The number of amides is 1. The number of benzene rings is 1. The second kappa shape index (κ2) is 5.01.